The Bertz CT molecular complexity index is 862. The number of aromatic amines is 1. The third-order valence-corrected chi connectivity index (χ3v) is 4.25. The zero-order valence-corrected chi connectivity index (χ0v) is 13.6. The Hall–Kier alpha value is -2.99. The summed E-state index contributed by atoms with van der Waals surface area (Å²) in [7, 11) is 0. The highest BCUT2D eigenvalue weighted by atomic mass is 16.5. The highest BCUT2D eigenvalue weighted by Crippen LogP contribution is 2.37. The number of anilines is 1. The van der Waals surface area contributed by atoms with E-state index in [0.717, 1.165) is 22.5 Å². The summed E-state index contributed by atoms with van der Waals surface area (Å²) in [5.74, 6) is 0.480. The van der Waals surface area contributed by atoms with Crippen LogP contribution in [0.25, 0.3) is 11.4 Å². The molecule has 0 fully saturated rings. The van der Waals surface area contributed by atoms with Gasteiger partial charge in [0, 0.05) is 24.1 Å². The number of H-pyrrole nitrogens is 1. The van der Waals surface area contributed by atoms with Crippen LogP contribution in [0.4, 0.5) is 5.82 Å². The molecule has 4 rings (SSSR count). The summed E-state index contributed by atoms with van der Waals surface area (Å²) < 4.78 is 5.88. The average Bonchev–Trinajstić information content (AvgIpc) is 3.07. The van der Waals surface area contributed by atoms with Crippen LogP contribution >= 0.6 is 0 Å². The van der Waals surface area contributed by atoms with Crippen molar-refractivity contribution in [3.63, 3.8) is 0 Å². The second-order valence-electron chi connectivity index (χ2n) is 6.03. The van der Waals surface area contributed by atoms with Gasteiger partial charge in [-0.3, -0.25) is 14.9 Å². The Morgan fingerprint density at radius 2 is 1.96 bits per heavy atom. The Morgan fingerprint density at radius 1 is 1.12 bits per heavy atom. The van der Waals surface area contributed by atoms with Crippen LogP contribution in [0.1, 0.15) is 23.5 Å². The van der Waals surface area contributed by atoms with E-state index < -0.39 is 0 Å². The molecule has 0 radical (unpaired) electrons. The highest BCUT2D eigenvalue weighted by Gasteiger charge is 2.31. The van der Waals surface area contributed by atoms with Gasteiger partial charge in [0.05, 0.1) is 24.6 Å². The van der Waals surface area contributed by atoms with E-state index in [2.05, 4.69) is 20.5 Å². The maximum atomic E-state index is 12.0. The van der Waals surface area contributed by atoms with Crippen LogP contribution in [0.5, 0.6) is 0 Å². The molecule has 0 bridgehead atoms. The predicted molar refractivity (Wildman–Crippen MR) is 93.9 cm³/mol. The predicted octanol–water partition coefficient (Wildman–Crippen LogP) is 3.11. The Balaban J connectivity index is 1.56. The number of carbonyl (C=O) groups excluding carboxylic acids is 1. The largest absolute Gasteiger partial charge is 0.376 e. The molecule has 0 saturated carbocycles. The molecular weight excluding hydrogens is 316 g/mol. The molecule has 6 nitrogen and oxygen atoms in total. The third kappa shape index (κ3) is 3.29. The van der Waals surface area contributed by atoms with E-state index in [1.165, 1.54) is 0 Å². The van der Waals surface area contributed by atoms with E-state index in [4.69, 9.17) is 4.74 Å². The van der Waals surface area contributed by atoms with Gasteiger partial charge in [-0.25, -0.2) is 0 Å². The minimum Gasteiger partial charge on any atom is -0.376 e. The first-order valence-corrected chi connectivity index (χ1v) is 8.22. The van der Waals surface area contributed by atoms with Crippen LogP contribution in [-0.2, 0) is 16.1 Å². The maximum absolute atomic E-state index is 12.0. The number of aromatic nitrogens is 3. The second kappa shape index (κ2) is 6.86. The lowest BCUT2D eigenvalue weighted by Gasteiger charge is -2.22. The van der Waals surface area contributed by atoms with Crippen LogP contribution in [0, 0.1) is 0 Å². The minimum absolute atomic E-state index is 0.0418. The van der Waals surface area contributed by atoms with Crippen LogP contribution < -0.4 is 5.32 Å². The van der Waals surface area contributed by atoms with Crippen LogP contribution in [-0.4, -0.2) is 27.7 Å². The van der Waals surface area contributed by atoms with Gasteiger partial charge < -0.3 is 10.1 Å². The molecule has 3 heterocycles. The fourth-order valence-electron chi connectivity index (χ4n) is 3.09. The van der Waals surface area contributed by atoms with E-state index in [1.54, 1.807) is 6.20 Å². The van der Waals surface area contributed by atoms with Crippen molar-refractivity contribution in [3.05, 3.63) is 65.9 Å². The quantitative estimate of drug-likeness (QED) is 0.751. The van der Waals surface area contributed by atoms with E-state index in [-0.39, 0.29) is 11.8 Å². The lowest BCUT2D eigenvalue weighted by Crippen LogP contribution is -2.25. The molecule has 0 aliphatic carbocycles. The summed E-state index contributed by atoms with van der Waals surface area (Å²) in [5, 5.41) is 10.1. The summed E-state index contributed by atoms with van der Waals surface area (Å²) in [6, 6.07) is 15.7. The van der Waals surface area contributed by atoms with Gasteiger partial charge in [0.1, 0.15) is 0 Å². The zero-order valence-electron chi connectivity index (χ0n) is 13.6. The number of hydrogen-bond donors (Lipinski definition) is 2. The number of carbonyl (C=O) groups is 1. The molecule has 1 aromatic carbocycles. The third-order valence-electron chi connectivity index (χ3n) is 4.25. The van der Waals surface area contributed by atoms with Gasteiger partial charge in [-0.2, -0.15) is 5.10 Å². The van der Waals surface area contributed by atoms with Crippen molar-refractivity contribution >= 4 is 11.7 Å². The van der Waals surface area contributed by atoms with E-state index in [9.17, 15) is 4.79 Å². The van der Waals surface area contributed by atoms with Crippen LogP contribution in [0.3, 0.4) is 0 Å². The molecule has 1 amide bonds. The van der Waals surface area contributed by atoms with Gasteiger partial charge in [0.2, 0.25) is 5.91 Å². The van der Waals surface area contributed by atoms with Gasteiger partial charge >= 0.3 is 0 Å². The van der Waals surface area contributed by atoms with E-state index in [0.29, 0.717) is 25.5 Å². The molecule has 1 aliphatic heterocycles. The topological polar surface area (TPSA) is 79.9 Å². The number of amides is 1. The SMILES string of the molecule is O=C1C[C@H](COCc2ccccc2)c2c(n[nH]c2-c2ccccn2)N1. The maximum Gasteiger partial charge on any atom is 0.226 e. The van der Waals surface area contributed by atoms with Gasteiger partial charge in [0.15, 0.2) is 5.82 Å². The van der Waals surface area contributed by atoms with Gasteiger partial charge in [-0.1, -0.05) is 36.4 Å². The summed E-state index contributed by atoms with van der Waals surface area (Å²) in [6.07, 6.45) is 2.12. The molecule has 0 saturated heterocycles. The number of fused-ring (bicyclic) bond motifs is 1. The fourth-order valence-corrected chi connectivity index (χ4v) is 3.09. The minimum atomic E-state index is -0.0526. The van der Waals surface area contributed by atoms with Gasteiger partial charge in [-0.15, -0.1) is 0 Å². The molecule has 0 unspecified atom stereocenters. The summed E-state index contributed by atoms with van der Waals surface area (Å²) in [4.78, 5) is 16.4. The first-order chi connectivity index (χ1) is 12.3. The van der Waals surface area contributed by atoms with Crippen LogP contribution in [0.2, 0.25) is 0 Å². The number of benzene rings is 1. The molecule has 2 aromatic heterocycles. The molecule has 6 heteroatoms. The zero-order chi connectivity index (χ0) is 17.1. The van der Waals surface area contributed by atoms with Crippen molar-refractivity contribution in [1.82, 2.24) is 15.2 Å². The van der Waals surface area contributed by atoms with E-state index >= 15 is 0 Å². The van der Waals surface area contributed by atoms with Gasteiger partial charge in [0.25, 0.3) is 0 Å². The lowest BCUT2D eigenvalue weighted by atomic mass is 9.91. The first kappa shape index (κ1) is 15.5. The monoisotopic (exact) mass is 334 g/mol. The molecular formula is C19H18N4O2. The molecule has 3 aromatic rings. The van der Waals surface area contributed by atoms with Crippen molar-refractivity contribution in [2.75, 3.05) is 11.9 Å². The van der Waals surface area contributed by atoms with Crippen LogP contribution in [0.15, 0.2) is 54.7 Å². The Kier molecular flexibility index (Phi) is 4.26. The van der Waals surface area contributed by atoms with Crippen molar-refractivity contribution in [3.8, 4) is 11.4 Å². The summed E-state index contributed by atoms with van der Waals surface area (Å²) in [5.41, 5.74) is 3.72. The molecule has 126 valence electrons. The number of ether oxygens (including phenoxy) is 1. The average molecular weight is 334 g/mol. The second-order valence-corrected chi connectivity index (χ2v) is 6.03. The number of hydrogen-bond acceptors (Lipinski definition) is 4. The fraction of sp³-hybridized carbons (Fsp3) is 0.211. The molecule has 0 spiro atoms. The van der Waals surface area contributed by atoms with Crippen molar-refractivity contribution in [2.45, 2.75) is 18.9 Å². The van der Waals surface area contributed by atoms with Crippen molar-refractivity contribution in [2.24, 2.45) is 0 Å². The normalized spacial score (nSPS) is 16.3. The van der Waals surface area contributed by atoms with Crippen molar-refractivity contribution < 1.29 is 9.53 Å². The van der Waals surface area contributed by atoms with Crippen molar-refractivity contribution in [1.29, 1.82) is 0 Å². The molecule has 2 N–H and O–H groups in total. The highest BCUT2D eigenvalue weighted by molar-refractivity contribution is 5.95. The summed E-state index contributed by atoms with van der Waals surface area (Å²) in [6.45, 7) is 0.972. The number of pyridine rings is 1. The molecule has 1 atom stereocenters. The lowest BCUT2D eigenvalue weighted by molar-refractivity contribution is -0.117. The Morgan fingerprint density at radius 3 is 2.76 bits per heavy atom. The Labute approximate surface area is 145 Å². The number of rotatable bonds is 5. The first-order valence-electron chi connectivity index (χ1n) is 8.22. The number of nitrogens with one attached hydrogen (secondary N) is 2. The molecule has 1 aliphatic rings. The number of nitrogens with zero attached hydrogens (tertiary/aromatic N) is 2. The molecule has 25 heavy (non-hydrogen) atoms. The summed E-state index contributed by atoms with van der Waals surface area (Å²) >= 11 is 0. The van der Waals surface area contributed by atoms with E-state index in [1.807, 2.05) is 48.5 Å². The van der Waals surface area contributed by atoms with Gasteiger partial charge in [-0.05, 0) is 17.7 Å². The standard InChI is InChI=1S/C19H18N4O2/c24-16-10-14(12-25-11-13-6-2-1-3-7-13)17-18(22-23-19(17)21-16)15-8-4-5-9-20-15/h1-9,14H,10-12H2,(H2,21,22,23,24)/t14-/m1/s1. The smallest absolute Gasteiger partial charge is 0.226 e.